The van der Waals surface area contributed by atoms with Crippen LogP contribution in [-0.2, 0) is 4.74 Å². The summed E-state index contributed by atoms with van der Waals surface area (Å²) >= 11 is 0. The van der Waals surface area contributed by atoms with Gasteiger partial charge < -0.3 is 9.47 Å². The van der Waals surface area contributed by atoms with Gasteiger partial charge in [-0.25, -0.2) is 0 Å². The van der Waals surface area contributed by atoms with E-state index in [1.165, 1.54) is 25.7 Å². The number of Topliss-reactive ketones (excluding diaryl/α,β-unsaturated/α-hetero) is 1. The number of hydrogen-bond donors (Lipinski definition) is 0. The molecule has 0 saturated heterocycles. The summed E-state index contributed by atoms with van der Waals surface area (Å²) < 4.78 is 11.0. The maximum atomic E-state index is 12.1. The molecule has 1 aromatic rings. The first-order chi connectivity index (χ1) is 9.31. The zero-order valence-corrected chi connectivity index (χ0v) is 11.6. The van der Waals surface area contributed by atoms with Crippen LogP contribution >= 0.6 is 0 Å². The molecule has 0 aromatic heterocycles. The van der Waals surface area contributed by atoms with E-state index < -0.39 is 0 Å². The Kier molecular flexibility index (Phi) is 5.40. The van der Waals surface area contributed by atoms with Gasteiger partial charge in [-0.05, 0) is 37.8 Å². The zero-order chi connectivity index (χ0) is 13.5. The van der Waals surface area contributed by atoms with Crippen LogP contribution in [0.2, 0.25) is 0 Å². The van der Waals surface area contributed by atoms with Crippen LogP contribution in [0, 0.1) is 5.92 Å². The highest BCUT2D eigenvalue weighted by atomic mass is 16.5. The SMILES string of the molecule is CCOc1ccccc1C(=O)COCC1CCCC1. The number of ketones is 1. The monoisotopic (exact) mass is 262 g/mol. The van der Waals surface area contributed by atoms with Crippen molar-refractivity contribution in [2.75, 3.05) is 19.8 Å². The Hall–Kier alpha value is -1.35. The van der Waals surface area contributed by atoms with Crippen LogP contribution in [-0.4, -0.2) is 25.6 Å². The van der Waals surface area contributed by atoms with Gasteiger partial charge in [0, 0.05) is 0 Å². The summed E-state index contributed by atoms with van der Waals surface area (Å²) in [6.45, 7) is 3.34. The molecule has 2 rings (SSSR count). The topological polar surface area (TPSA) is 35.5 Å². The summed E-state index contributed by atoms with van der Waals surface area (Å²) in [7, 11) is 0. The highest BCUT2D eigenvalue weighted by Gasteiger charge is 2.17. The van der Waals surface area contributed by atoms with E-state index in [-0.39, 0.29) is 12.4 Å². The van der Waals surface area contributed by atoms with Crippen LogP contribution in [0.25, 0.3) is 0 Å². The third-order valence-corrected chi connectivity index (χ3v) is 3.55. The first kappa shape index (κ1) is 14.1. The molecule has 104 valence electrons. The second-order valence-electron chi connectivity index (χ2n) is 5.02. The van der Waals surface area contributed by atoms with Crippen molar-refractivity contribution in [1.82, 2.24) is 0 Å². The number of hydrogen-bond acceptors (Lipinski definition) is 3. The fourth-order valence-electron chi connectivity index (χ4n) is 2.55. The van der Waals surface area contributed by atoms with E-state index in [0.29, 0.717) is 30.4 Å². The molecule has 0 heterocycles. The van der Waals surface area contributed by atoms with Crippen LogP contribution in [0.3, 0.4) is 0 Å². The standard InChI is InChI=1S/C16H22O3/c1-2-19-16-10-6-5-9-14(16)15(17)12-18-11-13-7-3-4-8-13/h5-6,9-10,13H,2-4,7-8,11-12H2,1H3. The number of rotatable bonds is 7. The lowest BCUT2D eigenvalue weighted by Gasteiger charge is -2.11. The molecule has 0 bridgehead atoms. The van der Waals surface area contributed by atoms with Crippen molar-refractivity contribution in [2.45, 2.75) is 32.6 Å². The minimum atomic E-state index is 0.00190. The Morgan fingerprint density at radius 1 is 1.26 bits per heavy atom. The van der Waals surface area contributed by atoms with E-state index in [1.807, 2.05) is 25.1 Å². The summed E-state index contributed by atoms with van der Waals surface area (Å²) in [6.07, 6.45) is 5.08. The number of para-hydroxylation sites is 1. The zero-order valence-electron chi connectivity index (χ0n) is 11.6. The highest BCUT2D eigenvalue weighted by molar-refractivity contribution is 5.99. The van der Waals surface area contributed by atoms with Crippen molar-refractivity contribution >= 4 is 5.78 Å². The summed E-state index contributed by atoms with van der Waals surface area (Å²) in [5, 5.41) is 0. The molecular weight excluding hydrogens is 240 g/mol. The molecule has 1 fully saturated rings. The van der Waals surface area contributed by atoms with Gasteiger partial charge >= 0.3 is 0 Å². The van der Waals surface area contributed by atoms with E-state index in [1.54, 1.807) is 6.07 Å². The minimum Gasteiger partial charge on any atom is -0.493 e. The average molecular weight is 262 g/mol. The van der Waals surface area contributed by atoms with Crippen molar-refractivity contribution in [2.24, 2.45) is 5.92 Å². The van der Waals surface area contributed by atoms with Gasteiger partial charge in [-0.3, -0.25) is 4.79 Å². The predicted octanol–water partition coefficient (Wildman–Crippen LogP) is 3.47. The van der Waals surface area contributed by atoms with E-state index >= 15 is 0 Å². The number of carbonyl (C=O) groups is 1. The second-order valence-corrected chi connectivity index (χ2v) is 5.02. The van der Waals surface area contributed by atoms with Crippen molar-refractivity contribution in [3.8, 4) is 5.75 Å². The quantitative estimate of drug-likeness (QED) is 0.706. The smallest absolute Gasteiger partial charge is 0.192 e. The van der Waals surface area contributed by atoms with E-state index in [9.17, 15) is 4.79 Å². The van der Waals surface area contributed by atoms with Crippen LogP contribution in [0.15, 0.2) is 24.3 Å². The van der Waals surface area contributed by atoms with Crippen molar-refractivity contribution in [3.05, 3.63) is 29.8 Å². The van der Waals surface area contributed by atoms with Crippen molar-refractivity contribution in [3.63, 3.8) is 0 Å². The molecule has 0 radical (unpaired) electrons. The minimum absolute atomic E-state index is 0.00190. The fourth-order valence-corrected chi connectivity index (χ4v) is 2.55. The Bertz CT molecular complexity index is 408. The van der Waals surface area contributed by atoms with Gasteiger partial charge in [0.25, 0.3) is 0 Å². The van der Waals surface area contributed by atoms with Gasteiger partial charge in [-0.2, -0.15) is 0 Å². The molecule has 19 heavy (non-hydrogen) atoms. The van der Waals surface area contributed by atoms with Crippen LogP contribution < -0.4 is 4.74 Å². The molecule has 3 nitrogen and oxygen atoms in total. The lowest BCUT2D eigenvalue weighted by Crippen LogP contribution is -2.14. The molecule has 3 heteroatoms. The summed E-state index contributed by atoms with van der Waals surface area (Å²) in [4.78, 5) is 12.1. The van der Waals surface area contributed by atoms with Gasteiger partial charge in [0.05, 0.1) is 18.8 Å². The summed E-state index contributed by atoms with van der Waals surface area (Å²) in [5.41, 5.74) is 0.621. The maximum absolute atomic E-state index is 12.1. The Morgan fingerprint density at radius 2 is 2.00 bits per heavy atom. The normalized spacial score (nSPS) is 15.6. The Labute approximate surface area is 114 Å². The number of benzene rings is 1. The summed E-state index contributed by atoms with van der Waals surface area (Å²) in [6, 6.07) is 7.36. The summed E-state index contributed by atoms with van der Waals surface area (Å²) in [5.74, 6) is 1.30. The molecular formula is C16H22O3. The molecule has 0 atom stereocenters. The van der Waals surface area contributed by atoms with E-state index in [2.05, 4.69) is 0 Å². The predicted molar refractivity (Wildman–Crippen MR) is 74.7 cm³/mol. The molecule has 0 spiro atoms. The van der Waals surface area contributed by atoms with Gasteiger partial charge in [-0.15, -0.1) is 0 Å². The molecule has 0 aliphatic heterocycles. The van der Waals surface area contributed by atoms with Crippen molar-refractivity contribution in [1.29, 1.82) is 0 Å². The molecule has 0 N–H and O–H groups in total. The third kappa shape index (κ3) is 4.06. The maximum Gasteiger partial charge on any atom is 0.192 e. The van der Waals surface area contributed by atoms with Gasteiger partial charge in [0.1, 0.15) is 12.4 Å². The second kappa shape index (κ2) is 7.29. The van der Waals surface area contributed by atoms with E-state index in [0.717, 1.165) is 0 Å². The molecule has 0 unspecified atom stereocenters. The van der Waals surface area contributed by atoms with Gasteiger partial charge in [0.15, 0.2) is 5.78 Å². The Balaban J connectivity index is 1.84. The molecule has 1 aliphatic carbocycles. The van der Waals surface area contributed by atoms with E-state index in [4.69, 9.17) is 9.47 Å². The molecule has 1 saturated carbocycles. The first-order valence-corrected chi connectivity index (χ1v) is 7.14. The van der Waals surface area contributed by atoms with Gasteiger partial charge in [0.2, 0.25) is 0 Å². The highest BCUT2D eigenvalue weighted by Crippen LogP contribution is 2.25. The largest absolute Gasteiger partial charge is 0.493 e. The van der Waals surface area contributed by atoms with Crippen molar-refractivity contribution < 1.29 is 14.3 Å². The fraction of sp³-hybridized carbons (Fsp3) is 0.562. The van der Waals surface area contributed by atoms with Gasteiger partial charge in [-0.1, -0.05) is 25.0 Å². The van der Waals surface area contributed by atoms with Crippen LogP contribution in [0.4, 0.5) is 0 Å². The number of ether oxygens (including phenoxy) is 2. The Morgan fingerprint density at radius 3 is 2.74 bits per heavy atom. The number of carbonyl (C=O) groups excluding carboxylic acids is 1. The molecule has 1 aliphatic rings. The van der Waals surface area contributed by atoms with Crippen LogP contribution in [0.1, 0.15) is 43.0 Å². The lowest BCUT2D eigenvalue weighted by atomic mass is 10.1. The lowest BCUT2D eigenvalue weighted by molar-refractivity contribution is 0.0678. The third-order valence-electron chi connectivity index (χ3n) is 3.55. The first-order valence-electron chi connectivity index (χ1n) is 7.14. The molecule has 0 amide bonds. The molecule has 1 aromatic carbocycles. The van der Waals surface area contributed by atoms with Crippen LogP contribution in [0.5, 0.6) is 5.75 Å². The average Bonchev–Trinajstić information content (AvgIpc) is 2.93.